The third-order valence-electron chi connectivity index (χ3n) is 4.92. The van der Waals surface area contributed by atoms with E-state index in [1.165, 1.54) is 23.8 Å². The van der Waals surface area contributed by atoms with Gasteiger partial charge in [0.2, 0.25) is 0 Å². The number of aromatic nitrogens is 3. The first-order valence-electron chi connectivity index (χ1n) is 9.45. The molecular weight excluding hydrogens is 403 g/mol. The minimum absolute atomic E-state index is 0.0426. The summed E-state index contributed by atoms with van der Waals surface area (Å²) in [6, 6.07) is 11.9. The van der Waals surface area contributed by atoms with Crippen molar-refractivity contribution < 1.29 is 9.18 Å². The Kier molecular flexibility index (Phi) is 5.03. The quantitative estimate of drug-likeness (QED) is 0.460. The summed E-state index contributed by atoms with van der Waals surface area (Å²) in [5.74, 6) is -0.389. The fourth-order valence-corrected chi connectivity index (χ4v) is 3.84. The molecule has 4 rings (SSSR count). The molecule has 0 aliphatic rings. The van der Waals surface area contributed by atoms with Crippen molar-refractivity contribution in [3.05, 3.63) is 81.3 Å². The van der Waals surface area contributed by atoms with Gasteiger partial charge in [-0.2, -0.15) is 9.78 Å². The minimum atomic E-state index is -0.687. The van der Waals surface area contributed by atoms with Crippen LogP contribution in [-0.2, 0) is 0 Å². The fraction of sp³-hybridized carbons (Fsp3) is 0.174. The maximum atomic E-state index is 14.2. The van der Waals surface area contributed by atoms with Crippen LogP contribution in [0.3, 0.4) is 0 Å². The third-order valence-corrected chi connectivity index (χ3v) is 5.24. The number of hydrogen-bond donors (Lipinski definition) is 1. The largest absolute Gasteiger partial charge is 0.306 e. The Hall–Kier alpha value is -3.25. The number of fused-ring (bicyclic) bond motifs is 1. The zero-order valence-electron chi connectivity index (χ0n) is 17.0. The van der Waals surface area contributed by atoms with E-state index in [-0.39, 0.29) is 10.6 Å². The molecule has 0 radical (unpaired) electrons. The van der Waals surface area contributed by atoms with Crippen molar-refractivity contribution in [2.24, 2.45) is 0 Å². The second kappa shape index (κ2) is 7.54. The van der Waals surface area contributed by atoms with E-state index in [0.29, 0.717) is 17.3 Å². The summed E-state index contributed by atoms with van der Waals surface area (Å²) in [6.45, 7) is 7.89. The van der Waals surface area contributed by atoms with Crippen molar-refractivity contribution in [3.63, 3.8) is 0 Å². The van der Waals surface area contributed by atoms with E-state index in [0.717, 1.165) is 22.0 Å². The van der Waals surface area contributed by atoms with Gasteiger partial charge in [0.1, 0.15) is 11.6 Å². The molecule has 0 saturated heterocycles. The first-order chi connectivity index (χ1) is 14.2. The molecule has 152 valence electrons. The number of pyridine rings is 1. The minimum Gasteiger partial charge on any atom is -0.306 e. The molecule has 0 unspecified atom stereocenters. The van der Waals surface area contributed by atoms with Gasteiger partial charge in [-0.15, -0.1) is 0 Å². The lowest BCUT2D eigenvalue weighted by molar-refractivity contribution is 0.102. The van der Waals surface area contributed by atoms with E-state index in [1.54, 1.807) is 10.7 Å². The first kappa shape index (κ1) is 20.0. The molecular formula is C23H20ClFN4O. The highest BCUT2D eigenvalue weighted by Crippen LogP contribution is 2.27. The van der Waals surface area contributed by atoms with Gasteiger partial charge in [0, 0.05) is 11.5 Å². The molecule has 7 heteroatoms. The Morgan fingerprint density at radius 3 is 2.57 bits per heavy atom. The molecule has 0 fully saturated rings. The van der Waals surface area contributed by atoms with Gasteiger partial charge in [-0.1, -0.05) is 29.3 Å². The normalized spacial score (nSPS) is 11.1. The van der Waals surface area contributed by atoms with Crippen molar-refractivity contribution in [2.75, 3.05) is 5.32 Å². The number of aryl methyl sites for hydroxylation is 4. The van der Waals surface area contributed by atoms with Crippen LogP contribution < -0.4 is 5.32 Å². The van der Waals surface area contributed by atoms with Gasteiger partial charge in [0.15, 0.2) is 5.82 Å². The van der Waals surface area contributed by atoms with E-state index < -0.39 is 11.7 Å². The zero-order valence-corrected chi connectivity index (χ0v) is 17.8. The van der Waals surface area contributed by atoms with Crippen LogP contribution in [0.1, 0.15) is 32.7 Å². The van der Waals surface area contributed by atoms with Gasteiger partial charge < -0.3 is 5.32 Å². The van der Waals surface area contributed by atoms with E-state index in [2.05, 4.69) is 29.5 Å². The molecule has 2 aromatic carbocycles. The highest BCUT2D eigenvalue weighted by atomic mass is 35.5. The number of anilines is 1. The van der Waals surface area contributed by atoms with Crippen molar-refractivity contribution in [3.8, 4) is 5.82 Å². The maximum Gasteiger partial charge on any atom is 0.261 e. The van der Waals surface area contributed by atoms with Crippen molar-refractivity contribution in [1.29, 1.82) is 0 Å². The van der Waals surface area contributed by atoms with Crippen LogP contribution in [0.15, 0.2) is 42.5 Å². The van der Waals surface area contributed by atoms with E-state index in [4.69, 9.17) is 16.6 Å². The third kappa shape index (κ3) is 3.55. The standard InChI is InChI=1S/C23H20ClFN4O/c1-12-8-14(3)22-16(9-12)13(2)10-19(26-22)29-20(11-15(4)28-29)27-23(30)21-17(24)6-5-7-18(21)25/h5-11H,1-4H3,(H,27,30). The van der Waals surface area contributed by atoms with Gasteiger partial charge in [-0.05, 0) is 63.1 Å². The number of carbonyl (C=O) groups is 1. The molecule has 2 aromatic heterocycles. The molecule has 2 heterocycles. The second-order valence-electron chi connectivity index (χ2n) is 7.41. The van der Waals surface area contributed by atoms with Gasteiger partial charge in [0.05, 0.1) is 21.8 Å². The van der Waals surface area contributed by atoms with Crippen LogP contribution in [0.25, 0.3) is 16.7 Å². The SMILES string of the molecule is Cc1cc(C)c2nc(-n3nc(C)cc3NC(=O)c3c(F)cccc3Cl)cc(C)c2c1. The van der Waals surface area contributed by atoms with Crippen molar-refractivity contribution in [1.82, 2.24) is 14.8 Å². The summed E-state index contributed by atoms with van der Waals surface area (Å²) in [4.78, 5) is 17.5. The van der Waals surface area contributed by atoms with Gasteiger partial charge in [0.25, 0.3) is 5.91 Å². The first-order valence-corrected chi connectivity index (χ1v) is 9.83. The summed E-state index contributed by atoms with van der Waals surface area (Å²) in [7, 11) is 0. The molecule has 0 spiro atoms. The summed E-state index contributed by atoms with van der Waals surface area (Å²) < 4.78 is 15.7. The predicted octanol–water partition coefficient (Wildman–Crippen LogP) is 5.70. The van der Waals surface area contributed by atoms with Crippen molar-refractivity contribution in [2.45, 2.75) is 27.7 Å². The topological polar surface area (TPSA) is 59.8 Å². The van der Waals surface area contributed by atoms with Crippen molar-refractivity contribution >= 4 is 34.2 Å². The molecule has 0 aliphatic heterocycles. The smallest absolute Gasteiger partial charge is 0.261 e. The molecule has 1 N–H and O–H groups in total. The average Bonchev–Trinajstić information content (AvgIpc) is 3.02. The van der Waals surface area contributed by atoms with E-state index >= 15 is 0 Å². The highest BCUT2D eigenvalue weighted by molar-refractivity contribution is 6.34. The Morgan fingerprint density at radius 2 is 1.83 bits per heavy atom. The summed E-state index contributed by atoms with van der Waals surface area (Å²) in [6.07, 6.45) is 0. The molecule has 0 bridgehead atoms. The number of rotatable bonds is 3. The predicted molar refractivity (Wildman–Crippen MR) is 117 cm³/mol. The van der Waals surface area contributed by atoms with Crippen LogP contribution in [-0.4, -0.2) is 20.7 Å². The van der Waals surface area contributed by atoms with Gasteiger partial charge in [-0.25, -0.2) is 9.37 Å². The number of hydrogen-bond acceptors (Lipinski definition) is 3. The molecule has 5 nitrogen and oxygen atoms in total. The number of halogens is 2. The number of carbonyl (C=O) groups excluding carboxylic acids is 1. The molecule has 1 amide bonds. The van der Waals surface area contributed by atoms with Crippen LogP contribution in [0.2, 0.25) is 5.02 Å². The second-order valence-corrected chi connectivity index (χ2v) is 7.82. The van der Waals surface area contributed by atoms with Gasteiger partial charge >= 0.3 is 0 Å². The summed E-state index contributed by atoms with van der Waals surface area (Å²) >= 11 is 6.03. The average molecular weight is 423 g/mol. The van der Waals surface area contributed by atoms with Crippen LogP contribution in [0, 0.1) is 33.5 Å². The lowest BCUT2D eigenvalue weighted by atomic mass is 10.0. The summed E-state index contributed by atoms with van der Waals surface area (Å²) in [5.41, 5.74) is 4.62. The fourth-order valence-electron chi connectivity index (χ4n) is 3.59. The van der Waals surface area contributed by atoms with E-state index in [9.17, 15) is 9.18 Å². The highest BCUT2D eigenvalue weighted by Gasteiger charge is 2.19. The zero-order chi connectivity index (χ0) is 21.6. The number of amides is 1. The van der Waals surface area contributed by atoms with Crippen LogP contribution in [0.4, 0.5) is 10.2 Å². The lowest BCUT2D eigenvalue weighted by Crippen LogP contribution is -2.17. The van der Waals surface area contributed by atoms with Crippen LogP contribution >= 0.6 is 11.6 Å². The Morgan fingerprint density at radius 1 is 1.07 bits per heavy atom. The number of benzene rings is 2. The van der Waals surface area contributed by atoms with Gasteiger partial charge in [-0.3, -0.25) is 4.79 Å². The Balaban J connectivity index is 1.80. The Bertz CT molecular complexity index is 1290. The summed E-state index contributed by atoms with van der Waals surface area (Å²) in [5, 5.41) is 8.31. The number of nitrogens with zero attached hydrogens (tertiary/aromatic N) is 3. The Labute approximate surface area is 178 Å². The van der Waals surface area contributed by atoms with E-state index in [1.807, 2.05) is 26.8 Å². The van der Waals surface area contributed by atoms with Crippen LogP contribution in [0.5, 0.6) is 0 Å². The number of nitrogens with one attached hydrogen (secondary N) is 1. The molecule has 0 atom stereocenters. The molecule has 0 saturated carbocycles. The monoisotopic (exact) mass is 422 g/mol. The molecule has 0 aliphatic carbocycles. The molecule has 4 aromatic rings. The maximum absolute atomic E-state index is 14.2. The lowest BCUT2D eigenvalue weighted by Gasteiger charge is -2.13. The molecule has 30 heavy (non-hydrogen) atoms.